The molecule has 0 aromatic heterocycles. The summed E-state index contributed by atoms with van der Waals surface area (Å²) in [6.45, 7) is 0.217. The fourth-order valence-electron chi connectivity index (χ4n) is 2.84. The maximum atomic E-state index is 12.2. The standard InChI is InChI=1S/C16H14N2O3/c17-14-15(10-4-2-1-3-5-10)18(16(14)19)11-6-7-12-13(8-11)21-9-20-12/h1-8,14-15H,9,17H2/t14-,15+/m0/s1. The van der Waals surface area contributed by atoms with Gasteiger partial charge in [-0.1, -0.05) is 30.3 Å². The summed E-state index contributed by atoms with van der Waals surface area (Å²) in [6, 6.07) is 14.7. The van der Waals surface area contributed by atoms with Crippen molar-refractivity contribution in [3.8, 4) is 11.5 Å². The number of nitrogens with zero attached hydrogens (tertiary/aromatic N) is 1. The number of fused-ring (bicyclic) bond motifs is 1. The molecule has 2 atom stereocenters. The van der Waals surface area contributed by atoms with E-state index in [2.05, 4.69) is 0 Å². The molecule has 2 aliphatic rings. The number of ether oxygens (including phenoxy) is 2. The lowest BCUT2D eigenvalue weighted by Gasteiger charge is -2.45. The molecule has 2 aliphatic heterocycles. The molecule has 2 aromatic rings. The van der Waals surface area contributed by atoms with Gasteiger partial charge < -0.3 is 20.1 Å². The number of rotatable bonds is 2. The minimum atomic E-state index is -0.502. The molecule has 5 nitrogen and oxygen atoms in total. The molecule has 2 N–H and O–H groups in total. The summed E-state index contributed by atoms with van der Waals surface area (Å²) in [4.78, 5) is 13.9. The van der Waals surface area contributed by atoms with Gasteiger partial charge in [0.25, 0.3) is 0 Å². The molecule has 106 valence electrons. The van der Waals surface area contributed by atoms with Crippen LogP contribution >= 0.6 is 0 Å². The monoisotopic (exact) mass is 282 g/mol. The van der Waals surface area contributed by atoms with Crippen LogP contribution in [0.2, 0.25) is 0 Å². The van der Waals surface area contributed by atoms with E-state index in [9.17, 15) is 4.79 Å². The molecule has 4 rings (SSSR count). The molecular weight excluding hydrogens is 268 g/mol. The molecule has 2 heterocycles. The molecule has 1 saturated heterocycles. The second-order valence-electron chi connectivity index (χ2n) is 5.13. The Balaban J connectivity index is 1.71. The van der Waals surface area contributed by atoms with Crippen molar-refractivity contribution in [2.75, 3.05) is 11.7 Å². The Bertz CT molecular complexity index is 702. The molecule has 0 unspecified atom stereocenters. The Morgan fingerprint density at radius 3 is 2.62 bits per heavy atom. The zero-order valence-electron chi connectivity index (χ0n) is 11.2. The quantitative estimate of drug-likeness (QED) is 0.853. The van der Waals surface area contributed by atoms with Crippen LogP contribution in [0, 0.1) is 0 Å². The van der Waals surface area contributed by atoms with E-state index in [4.69, 9.17) is 15.2 Å². The largest absolute Gasteiger partial charge is 0.454 e. The zero-order chi connectivity index (χ0) is 14.4. The van der Waals surface area contributed by atoms with Gasteiger partial charge in [0.15, 0.2) is 11.5 Å². The number of hydrogen-bond acceptors (Lipinski definition) is 4. The van der Waals surface area contributed by atoms with Crippen molar-refractivity contribution in [3.63, 3.8) is 0 Å². The predicted molar refractivity (Wildman–Crippen MR) is 77.2 cm³/mol. The van der Waals surface area contributed by atoms with Gasteiger partial charge in [0, 0.05) is 11.8 Å². The van der Waals surface area contributed by atoms with Gasteiger partial charge in [-0.2, -0.15) is 0 Å². The topological polar surface area (TPSA) is 64.8 Å². The Morgan fingerprint density at radius 2 is 1.81 bits per heavy atom. The third kappa shape index (κ3) is 1.78. The summed E-state index contributed by atoms with van der Waals surface area (Å²) in [6.07, 6.45) is 0. The van der Waals surface area contributed by atoms with Crippen LogP contribution in [0.15, 0.2) is 48.5 Å². The summed E-state index contributed by atoms with van der Waals surface area (Å²) in [5.74, 6) is 1.28. The Labute approximate surface area is 121 Å². The first-order chi connectivity index (χ1) is 10.3. The first kappa shape index (κ1) is 12.2. The third-order valence-electron chi connectivity index (χ3n) is 3.92. The van der Waals surface area contributed by atoms with Crippen LogP contribution in [0.25, 0.3) is 0 Å². The van der Waals surface area contributed by atoms with Crippen LogP contribution in [-0.4, -0.2) is 18.7 Å². The molecule has 1 fully saturated rings. The van der Waals surface area contributed by atoms with Gasteiger partial charge in [-0.25, -0.2) is 0 Å². The molecule has 5 heteroatoms. The van der Waals surface area contributed by atoms with Crippen molar-refractivity contribution >= 4 is 11.6 Å². The van der Waals surface area contributed by atoms with Crippen LogP contribution in [0.3, 0.4) is 0 Å². The maximum absolute atomic E-state index is 12.2. The second kappa shape index (κ2) is 4.49. The van der Waals surface area contributed by atoms with E-state index >= 15 is 0 Å². The molecule has 1 amide bonds. The van der Waals surface area contributed by atoms with Crippen molar-refractivity contribution < 1.29 is 14.3 Å². The van der Waals surface area contributed by atoms with Crippen LogP contribution < -0.4 is 20.1 Å². The van der Waals surface area contributed by atoms with Gasteiger partial charge in [-0.05, 0) is 17.7 Å². The van der Waals surface area contributed by atoms with Gasteiger partial charge in [0.05, 0.1) is 6.04 Å². The summed E-state index contributed by atoms with van der Waals surface area (Å²) < 4.78 is 10.7. The summed E-state index contributed by atoms with van der Waals surface area (Å²) >= 11 is 0. The Hall–Kier alpha value is -2.53. The average molecular weight is 282 g/mol. The lowest BCUT2D eigenvalue weighted by atomic mass is 9.88. The first-order valence-electron chi connectivity index (χ1n) is 6.79. The van der Waals surface area contributed by atoms with E-state index in [1.54, 1.807) is 4.90 Å². The smallest absolute Gasteiger partial charge is 0.247 e. The SMILES string of the molecule is N[C@@H]1C(=O)N(c2ccc3c(c2)OCO3)[C@@H]1c1ccccc1. The van der Waals surface area contributed by atoms with E-state index in [1.807, 2.05) is 48.5 Å². The average Bonchev–Trinajstić information content (AvgIpc) is 2.99. The third-order valence-corrected chi connectivity index (χ3v) is 3.92. The number of carbonyl (C=O) groups is 1. The van der Waals surface area contributed by atoms with Crippen LogP contribution in [-0.2, 0) is 4.79 Å². The molecule has 0 saturated carbocycles. The molecule has 2 aromatic carbocycles. The van der Waals surface area contributed by atoms with Crippen LogP contribution in [0.5, 0.6) is 11.5 Å². The number of hydrogen-bond donors (Lipinski definition) is 1. The van der Waals surface area contributed by atoms with Crippen molar-refractivity contribution in [3.05, 3.63) is 54.1 Å². The van der Waals surface area contributed by atoms with Crippen LogP contribution in [0.1, 0.15) is 11.6 Å². The fourth-order valence-corrected chi connectivity index (χ4v) is 2.84. The molecule has 0 radical (unpaired) electrons. The Kier molecular flexibility index (Phi) is 2.62. The van der Waals surface area contributed by atoms with Gasteiger partial charge >= 0.3 is 0 Å². The first-order valence-corrected chi connectivity index (χ1v) is 6.79. The highest BCUT2D eigenvalue weighted by Crippen LogP contribution is 2.42. The van der Waals surface area contributed by atoms with Crippen molar-refractivity contribution in [2.24, 2.45) is 5.73 Å². The van der Waals surface area contributed by atoms with Gasteiger partial charge in [0.1, 0.15) is 6.04 Å². The highest BCUT2D eigenvalue weighted by molar-refractivity contribution is 6.05. The lowest BCUT2D eigenvalue weighted by molar-refractivity contribution is -0.126. The number of carbonyl (C=O) groups excluding carboxylic acids is 1. The fraction of sp³-hybridized carbons (Fsp3) is 0.188. The molecular formula is C16H14N2O3. The second-order valence-corrected chi connectivity index (χ2v) is 5.13. The molecule has 0 aliphatic carbocycles. The minimum Gasteiger partial charge on any atom is -0.454 e. The lowest BCUT2D eigenvalue weighted by Crippen LogP contribution is -2.63. The van der Waals surface area contributed by atoms with Crippen molar-refractivity contribution in [1.82, 2.24) is 0 Å². The maximum Gasteiger partial charge on any atom is 0.247 e. The highest BCUT2D eigenvalue weighted by atomic mass is 16.7. The summed E-state index contributed by atoms with van der Waals surface area (Å²) in [5, 5.41) is 0. The summed E-state index contributed by atoms with van der Waals surface area (Å²) in [5.41, 5.74) is 7.80. The summed E-state index contributed by atoms with van der Waals surface area (Å²) in [7, 11) is 0. The number of β-lactam (4-membered cyclic amide) rings is 1. The van der Waals surface area contributed by atoms with Crippen LogP contribution in [0.4, 0.5) is 5.69 Å². The van der Waals surface area contributed by atoms with Gasteiger partial charge in [-0.3, -0.25) is 4.79 Å². The van der Waals surface area contributed by atoms with Crippen molar-refractivity contribution in [2.45, 2.75) is 12.1 Å². The predicted octanol–water partition coefficient (Wildman–Crippen LogP) is 1.83. The van der Waals surface area contributed by atoms with E-state index in [0.29, 0.717) is 11.5 Å². The normalized spacial score (nSPS) is 23.1. The Morgan fingerprint density at radius 1 is 1.05 bits per heavy atom. The minimum absolute atomic E-state index is 0.0808. The molecule has 0 bridgehead atoms. The van der Waals surface area contributed by atoms with E-state index in [-0.39, 0.29) is 18.7 Å². The van der Waals surface area contributed by atoms with Crippen molar-refractivity contribution in [1.29, 1.82) is 0 Å². The number of anilines is 1. The molecule has 0 spiro atoms. The molecule has 21 heavy (non-hydrogen) atoms. The number of nitrogens with two attached hydrogens (primary N) is 1. The zero-order valence-corrected chi connectivity index (χ0v) is 11.2. The number of amides is 1. The van der Waals surface area contributed by atoms with E-state index < -0.39 is 6.04 Å². The van der Waals surface area contributed by atoms with E-state index in [0.717, 1.165) is 11.3 Å². The van der Waals surface area contributed by atoms with Gasteiger partial charge in [0.2, 0.25) is 12.7 Å². The van der Waals surface area contributed by atoms with E-state index in [1.165, 1.54) is 0 Å². The number of benzene rings is 2. The van der Waals surface area contributed by atoms with Gasteiger partial charge in [-0.15, -0.1) is 0 Å². The highest BCUT2D eigenvalue weighted by Gasteiger charge is 2.46.